The zero-order chi connectivity index (χ0) is 14.3. The highest BCUT2D eigenvalue weighted by molar-refractivity contribution is 5.79. The minimum atomic E-state index is -0.113. The molecule has 0 saturated carbocycles. The summed E-state index contributed by atoms with van der Waals surface area (Å²) in [5.41, 5.74) is 2.34. The first-order chi connectivity index (χ1) is 8.96. The first kappa shape index (κ1) is 15.7. The van der Waals surface area contributed by atoms with Crippen LogP contribution in [0, 0.1) is 0 Å². The number of carbonyl (C=O) groups is 1. The third kappa shape index (κ3) is 5.91. The molecule has 1 aromatic rings. The number of benzene rings is 1. The fourth-order valence-electron chi connectivity index (χ4n) is 1.90. The van der Waals surface area contributed by atoms with Crippen molar-refractivity contribution in [3.05, 3.63) is 35.4 Å². The van der Waals surface area contributed by atoms with Crippen LogP contribution in [0.25, 0.3) is 0 Å². The van der Waals surface area contributed by atoms with Gasteiger partial charge in [0.2, 0.25) is 5.91 Å². The van der Waals surface area contributed by atoms with Gasteiger partial charge >= 0.3 is 0 Å². The zero-order valence-electron chi connectivity index (χ0n) is 12.8. The molecule has 0 spiro atoms. The largest absolute Gasteiger partial charge is 0.351 e. The van der Waals surface area contributed by atoms with E-state index in [1.54, 1.807) is 0 Å². The lowest BCUT2D eigenvalue weighted by Crippen LogP contribution is -2.43. The molecule has 1 amide bonds. The molecule has 19 heavy (non-hydrogen) atoms. The molecular formula is C17H27NO. The van der Waals surface area contributed by atoms with E-state index in [0.29, 0.717) is 6.42 Å². The predicted octanol–water partition coefficient (Wildman–Crippen LogP) is 3.88. The van der Waals surface area contributed by atoms with Gasteiger partial charge in [-0.25, -0.2) is 0 Å². The van der Waals surface area contributed by atoms with Gasteiger partial charge in [-0.2, -0.15) is 0 Å². The van der Waals surface area contributed by atoms with Crippen molar-refractivity contribution in [2.45, 2.75) is 65.3 Å². The molecule has 1 N–H and O–H groups in total. The maximum Gasteiger partial charge on any atom is 0.224 e. The van der Waals surface area contributed by atoms with E-state index < -0.39 is 0 Å². The second kappa shape index (κ2) is 7.32. The van der Waals surface area contributed by atoms with E-state index in [1.807, 2.05) is 0 Å². The van der Waals surface area contributed by atoms with Crippen LogP contribution in [0.15, 0.2) is 24.3 Å². The third-order valence-corrected chi connectivity index (χ3v) is 3.57. The van der Waals surface area contributed by atoms with Crippen molar-refractivity contribution in [1.82, 2.24) is 5.32 Å². The Morgan fingerprint density at radius 3 is 2.21 bits per heavy atom. The molecule has 0 saturated heterocycles. The van der Waals surface area contributed by atoms with Crippen LogP contribution in [0.5, 0.6) is 0 Å². The summed E-state index contributed by atoms with van der Waals surface area (Å²) < 4.78 is 0. The number of hydrogen-bond donors (Lipinski definition) is 1. The molecule has 0 aliphatic rings. The molecule has 2 nitrogen and oxygen atoms in total. The molecule has 0 atom stereocenters. The van der Waals surface area contributed by atoms with Gasteiger partial charge < -0.3 is 5.32 Å². The molecular weight excluding hydrogens is 234 g/mol. The van der Waals surface area contributed by atoms with Gasteiger partial charge in [0.1, 0.15) is 0 Å². The van der Waals surface area contributed by atoms with E-state index in [0.717, 1.165) is 18.4 Å². The molecule has 0 unspecified atom stereocenters. The summed E-state index contributed by atoms with van der Waals surface area (Å²) in [6.45, 7) is 8.40. The smallest absolute Gasteiger partial charge is 0.224 e. The van der Waals surface area contributed by atoms with E-state index in [2.05, 4.69) is 57.3 Å². The second-order valence-electron chi connectivity index (χ2n) is 5.88. The summed E-state index contributed by atoms with van der Waals surface area (Å²) in [4.78, 5) is 11.9. The highest BCUT2D eigenvalue weighted by Crippen LogP contribution is 2.10. The van der Waals surface area contributed by atoms with Crippen molar-refractivity contribution in [1.29, 1.82) is 0 Å². The Morgan fingerprint density at radius 2 is 1.68 bits per heavy atom. The summed E-state index contributed by atoms with van der Waals surface area (Å²) in [7, 11) is 0. The molecule has 106 valence electrons. The van der Waals surface area contributed by atoms with Gasteiger partial charge in [0.25, 0.3) is 0 Å². The van der Waals surface area contributed by atoms with Crippen LogP contribution in [-0.4, -0.2) is 11.4 Å². The minimum absolute atomic E-state index is 0.105. The molecule has 0 aliphatic heterocycles. The van der Waals surface area contributed by atoms with Gasteiger partial charge in [-0.3, -0.25) is 4.79 Å². The van der Waals surface area contributed by atoms with Crippen LogP contribution in [-0.2, 0) is 17.6 Å². The average molecular weight is 261 g/mol. The lowest BCUT2D eigenvalue weighted by Gasteiger charge is -2.24. The maximum absolute atomic E-state index is 11.9. The summed E-state index contributed by atoms with van der Waals surface area (Å²) >= 11 is 0. The van der Waals surface area contributed by atoms with Gasteiger partial charge in [-0.15, -0.1) is 0 Å². The second-order valence-corrected chi connectivity index (χ2v) is 5.88. The number of hydrogen-bond acceptors (Lipinski definition) is 1. The number of amides is 1. The van der Waals surface area contributed by atoms with Gasteiger partial charge in [0.05, 0.1) is 6.42 Å². The topological polar surface area (TPSA) is 29.1 Å². The van der Waals surface area contributed by atoms with Crippen LogP contribution in [0.1, 0.15) is 58.1 Å². The van der Waals surface area contributed by atoms with Crippen LogP contribution in [0.4, 0.5) is 0 Å². The highest BCUT2D eigenvalue weighted by Gasteiger charge is 2.17. The van der Waals surface area contributed by atoms with E-state index >= 15 is 0 Å². The molecule has 0 aromatic heterocycles. The zero-order valence-corrected chi connectivity index (χ0v) is 12.8. The van der Waals surface area contributed by atoms with Crippen molar-refractivity contribution in [2.24, 2.45) is 0 Å². The Labute approximate surface area is 117 Å². The number of rotatable bonds is 7. The van der Waals surface area contributed by atoms with E-state index in [-0.39, 0.29) is 11.4 Å². The van der Waals surface area contributed by atoms with E-state index in [1.165, 1.54) is 18.4 Å². The maximum atomic E-state index is 11.9. The van der Waals surface area contributed by atoms with Crippen molar-refractivity contribution < 1.29 is 4.79 Å². The van der Waals surface area contributed by atoms with Crippen molar-refractivity contribution in [2.75, 3.05) is 0 Å². The highest BCUT2D eigenvalue weighted by atomic mass is 16.1. The Bertz CT molecular complexity index is 392. The quantitative estimate of drug-likeness (QED) is 0.793. The molecule has 0 aliphatic carbocycles. The molecule has 0 radical (unpaired) electrons. The van der Waals surface area contributed by atoms with Crippen molar-refractivity contribution in [3.63, 3.8) is 0 Å². The minimum Gasteiger partial charge on any atom is -0.351 e. The van der Waals surface area contributed by atoms with Gasteiger partial charge in [-0.1, -0.05) is 44.5 Å². The monoisotopic (exact) mass is 261 g/mol. The third-order valence-electron chi connectivity index (χ3n) is 3.57. The Hall–Kier alpha value is -1.31. The van der Waals surface area contributed by atoms with Crippen LogP contribution in [0.2, 0.25) is 0 Å². The Morgan fingerprint density at radius 1 is 1.11 bits per heavy atom. The number of aryl methyl sites for hydroxylation is 1. The number of unbranched alkanes of at least 4 members (excludes halogenated alkanes) is 1. The van der Waals surface area contributed by atoms with Crippen LogP contribution >= 0.6 is 0 Å². The molecule has 0 bridgehead atoms. The lowest BCUT2D eigenvalue weighted by atomic mass is 10.0. The molecule has 2 heteroatoms. The summed E-state index contributed by atoms with van der Waals surface area (Å²) in [6, 6.07) is 8.43. The molecule has 0 fully saturated rings. The van der Waals surface area contributed by atoms with Crippen molar-refractivity contribution in [3.8, 4) is 0 Å². The standard InChI is InChI=1S/C17H27NO/c1-5-7-8-14-9-11-15(12-10-14)13-16(19)18-17(3,4)6-2/h9-12H,5-8,13H2,1-4H3,(H,18,19). The Balaban J connectivity index is 2.51. The molecule has 0 heterocycles. The fourth-order valence-corrected chi connectivity index (χ4v) is 1.90. The van der Waals surface area contributed by atoms with Crippen LogP contribution in [0.3, 0.4) is 0 Å². The van der Waals surface area contributed by atoms with Gasteiger partial charge in [0, 0.05) is 5.54 Å². The normalized spacial score (nSPS) is 11.4. The Kier molecular flexibility index (Phi) is 6.07. The molecule has 1 rings (SSSR count). The SMILES string of the molecule is CCCCc1ccc(CC(=O)NC(C)(C)CC)cc1. The predicted molar refractivity (Wildman–Crippen MR) is 81.3 cm³/mol. The first-order valence-electron chi connectivity index (χ1n) is 7.35. The molecule has 1 aromatic carbocycles. The van der Waals surface area contributed by atoms with Crippen molar-refractivity contribution >= 4 is 5.91 Å². The summed E-state index contributed by atoms with van der Waals surface area (Å²) in [6.07, 6.45) is 4.98. The first-order valence-corrected chi connectivity index (χ1v) is 7.35. The van der Waals surface area contributed by atoms with Gasteiger partial charge in [-0.05, 0) is 44.2 Å². The van der Waals surface area contributed by atoms with Crippen LogP contribution < -0.4 is 5.32 Å². The summed E-state index contributed by atoms with van der Waals surface area (Å²) in [5, 5.41) is 3.06. The van der Waals surface area contributed by atoms with Gasteiger partial charge in [0.15, 0.2) is 0 Å². The average Bonchev–Trinajstić information content (AvgIpc) is 2.37. The van der Waals surface area contributed by atoms with E-state index in [4.69, 9.17) is 0 Å². The van der Waals surface area contributed by atoms with E-state index in [9.17, 15) is 4.79 Å². The number of nitrogens with one attached hydrogen (secondary N) is 1. The number of carbonyl (C=O) groups excluding carboxylic acids is 1. The summed E-state index contributed by atoms with van der Waals surface area (Å²) in [5.74, 6) is 0.105. The fraction of sp³-hybridized carbons (Fsp3) is 0.588. The lowest BCUT2D eigenvalue weighted by molar-refractivity contribution is -0.122.